The Balaban J connectivity index is 1.64. The first-order valence-corrected chi connectivity index (χ1v) is 10.3. The molecule has 1 heterocycles. The molecule has 1 fully saturated rings. The van der Waals surface area contributed by atoms with E-state index in [-0.39, 0.29) is 5.91 Å². The van der Waals surface area contributed by atoms with Crippen molar-refractivity contribution in [2.75, 3.05) is 36.4 Å². The van der Waals surface area contributed by atoms with E-state index in [2.05, 4.69) is 48.3 Å². The number of carboxylic acid groups (broad SMARTS) is 1. The van der Waals surface area contributed by atoms with Gasteiger partial charge in [0.05, 0.1) is 17.2 Å². The van der Waals surface area contributed by atoms with Crippen LogP contribution in [-0.2, 0) is 9.59 Å². The maximum Gasteiger partial charge on any atom is 0.256 e. The highest BCUT2D eigenvalue weighted by molar-refractivity contribution is 6.07. The molecule has 162 valence electrons. The maximum absolute atomic E-state index is 13.1. The third-order valence-electron chi connectivity index (χ3n) is 5.28. The number of hydrogen-bond acceptors (Lipinski definition) is 5. The summed E-state index contributed by atoms with van der Waals surface area (Å²) < 4.78 is 0. The van der Waals surface area contributed by atoms with Crippen molar-refractivity contribution in [1.82, 2.24) is 4.90 Å². The average molecular weight is 420 g/mol. The van der Waals surface area contributed by atoms with Crippen LogP contribution in [0, 0.1) is 0 Å². The highest BCUT2D eigenvalue weighted by atomic mass is 16.4. The summed E-state index contributed by atoms with van der Waals surface area (Å²) in [6.07, 6.45) is 1.51. The molecule has 1 aliphatic rings. The number of hydrogen-bond donors (Lipinski definition) is 1. The molecule has 1 N–H and O–H groups in total. The summed E-state index contributed by atoms with van der Waals surface area (Å²) in [5, 5.41) is 13.0. The van der Waals surface area contributed by atoms with Crippen molar-refractivity contribution >= 4 is 29.2 Å². The van der Waals surface area contributed by atoms with Crippen LogP contribution in [-0.4, -0.2) is 48.9 Å². The highest BCUT2D eigenvalue weighted by Gasteiger charge is 2.24. The quantitative estimate of drug-likeness (QED) is 0.722. The van der Waals surface area contributed by atoms with Gasteiger partial charge in [0, 0.05) is 37.9 Å². The first-order valence-electron chi connectivity index (χ1n) is 10.3. The fourth-order valence-electron chi connectivity index (χ4n) is 3.50. The Morgan fingerprint density at radius 3 is 2.19 bits per heavy atom. The summed E-state index contributed by atoms with van der Waals surface area (Å²) in [5.41, 5.74) is 3.15. The number of nitrogens with one attached hydrogen (secondary N) is 1. The SMILES string of the molecule is CC(C)c1ccc(N2CCN(C(=O)c3ccccc3NC(=O)C=CC(=O)[O-])CC2)cc1. The Bertz CT molecular complexity index is 975. The second-order valence-electron chi connectivity index (χ2n) is 7.71. The van der Waals surface area contributed by atoms with E-state index in [9.17, 15) is 19.5 Å². The number of amides is 2. The Hall–Kier alpha value is -3.61. The molecule has 7 nitrogen and oxygen atoms in total. The predicted octanol–water partition coefficient (Wildman–Crippen LogP) is 2.02. The molecule has 0 spiro atoms. The number of aliphatic carboxylic acids is 1. The van der Waals surface area contributed by atoms with Crippen molar-refractivity contribution in [1.29, 1.82) is 0 Å². The number of anilines is 2. The fourth-order valence-corrected chi connectivity index (χ4v) is 3.50. The smallest absolute Gasteiger partial charge is 0.256 e. The molecule has 3 rings (SSSR count). The largest absolute Gasteiger partial charge is 0.545 e. The molecule has 0 aliphatic carbocycles. The number of carbonyl (C=O) groups excluding carboxylic acids is 3. The van der Waals surface area contributed by atoms with Crippen LogP contribution in [0.15, 0.2) is 60.7 Å². The van der Waals surface area contributed by atoms with Gasteiger partial charge in [-0.05, 0) is 41.8 Å². The van der Waals surface area contributed by atoms with Gasteiger partial charge in [-0.2, -0.15) is 0 Å². The van der Waals surface area contributed by atoms with Gasteiger partial charge in [0.25, 0.3) is 5.91 Å². The molecule has 7 heteroatoms. The molecule has 0 radical (unpaired) electrons. The minimum Gasteiger partial charge on any atom is -0.545 e. The summed E-state index contributed by atoms with van der Waals surface area (Å²) in [6, 6.07) is 15.2. The molecular weight excluding hydrogens is 394 g/mol. The van der Waals surface area contributed by atoms with Crippen molar-refractivity contribution in [3.05, 3.63) is 71.8 Å². The van der Waals surface area contributed by atoms with Crippen LogP contribution in [0.1, 0.15) is 35.7 Å². The Labute approximate surface area is 182 Å². The molecule has 2 aromatic rings. The molecule has 0 aromatic heterocycles. The highest BCUT2D eigenvalue weighted by Crippen LogP contribution is 2.23. The zero-order chi connectivity index (χ0) is 22.4. The topological polar surface area (TPSA) is 92.8 Å². The van der Waals surface area contributed by atoms with Crippen LogP contribution in [0.2, 0.25) is 0 Å². The number of carboxylic acids is 1. The van der Waals surface area contributed by atoms with Crippen molar-refractivity contribution in [2.45, 2.75) is 19.8 Å². The fraction of sp³-hybridized carbons (Fsp3) is 0.292. The van der Waals surface area contributed by atoms with Crippen molar-refractivity contribution < 1.29 is 19.5 Å². The standard InChI is InChI=1S/C24H27N3O4/c1-17(2)18-7-9-19(10-8-18)26-13-15-27(16-14-26)24(31)20-5-3-4-6-21(20)25-22(28)11-12-23(29)30/h3-12,17H,13-16H2,1-2H3,(H,25,28)(H,29,30)/p-1. The molecule has 2 amide bonds. The second kappa shape index (κ2) is 9.93. The van der Waals surface area contributed by atoms with Crippen molar-refractivity contribution in [3.8, 4) is 0 Å². The lowest BCUT2D eigenvalue weighted by molar-refractivity contribution is -0.297. The van der Waals surface area contributed by atoms with Gasteiger partial charge in [0.1, 0.15) is 0 Å². The Morgan fingerprint density at radius 1 is 0.935 bits per heavy atom. The first-order chi connectivity index (χ1) is 14.8. The number of para-hydroxylation sites is 1. The molecule has 0 atom stereocenters. The van der Waals surface area contributed by atoms with Gasteiger partial charge >= 0.3 is 0 Å². The molecule has 31 heavy (non-hydrogen) atoms. The summed E-state index contributed by atoms with van der Waals surface area (Å²) in [6.45, 7) is 6.90. The minimum atomic E-state index is -1.46. The lowest BCUT2D eigenvalue weighted by Crippen LogP contribution is -2.49. The van der Waals surface area contributed by atoms with E-state index in [1.165, 1.54) is 5.56 Å². The number of rotatable bonds is 6. The van der Waals surface area contributed by atoms with Gasteiger partial charge in [0.15, 0.2) is 0 Å². The molecule has 2 aromatic carbocycles. The lowest BCUT2D eigenvalue weighted by atomic mass is 10.0. The van der Waals surface area contributed by atoms with Crippen LogP contribution in [0.3, 0.4) is 0 Å². The van der Waals surface area contributed by atoms with Crippen molar-refractivity contribution in [3.63, 3.8) is 0 Å². The third-order valence-corrected chi connectivity index (χ3v) is 5.28. The molecule has 0 unspecified atom stereocenters. The summed E-state index contributed by atoms with van der Waals surface area (Å²) in [5.74, 6) is -1.79. The van der Waals surface area contributed by atoms with Crippen LogP contribution < -0.4 is 15.3 Å². The summed E-state index contributed by atoms with van der Waals surface area (Å²) >= 11 is 0. The van der Waals surface area contributed by atoms with Crippen LogP contribution in [0.5, 0.6) is 0 Å². The number of carbonyl (C=O) groups is 3. The lowest BCUT2D eigenvalue weighted by Gasteiger charge is -2.36. The maximum atomic E-state index is 13.1. The predicted molar refractivity (Wildman–Crippen MR) is 118 cm³/mol. The zero-order valence-electron chi connectivity index (χ0n) is 17.7. The van der Waals surface area contributed by atoms with Gasteiger partial charge < -0.3 is 25.0 Å². The zero-order valence-corrected chi connectivity index (χ0v) is 17.7. The van der Waals surface area contributed by atoms with Gasteiger partial charge in [0.2, 0.25) is 5.91 Å². The van der Waals surface area contributed by atoms with Gasteiger partial charge in [-0.15, -0.1) is 0 Å². The van der Waals surface area contributed by atoms with Crippen LogP contribution in [0.4, 0.5) is 11.4 Å². The monoisotopic (exact) mass is 420 g/mol. The van der Waals surface area contributed by atoms with E-state index in [0.717, 1.165) is 24.9 Å². The van der Waals surface area contributed by atoms with E-state index in [4.69, 9.17) is 0 Å². The minimum absolute atomic E-state index is 0.172. The third kappa shape index (κ3) is 5.72. The van der Waals surface area contributed by atoms with E-state index in [0.29, 0.717) is 36.3 Å². The number of benzene rings is 2. The van der Waals surface area contributed by atoms with Gasteiger partial charge in [-0.1, -0.05) is 38.1 Å². The van der Waals surface area contributed by atoms with Crippen molar-refractivity contribution in [2.24, 2.45) is 0 Å². The molecule has 0 saturated carbocycles. The van der Waals surface area contributed by atoms with Crippen LogP contribution >= 0.6 is 0 Å². The molecular formula is C24H26N3O4-. The molecule has 0 bridgehead atoms. The van der Waals surface area contributed by atoms with E-state index < -0.39 is 11.9 Å². The Morgan fingerprint density at radius 2 is 1.58 bits per heavy atom. The van der Waals surface area contributed by atoms with E-state index in [1.807, 2.05) is 0 Å². The van der Waals surface area contributed by atoms with E-state index in [1.54, 1.807) is 29.2 Å². The first kappa shape index (κ1) is 22.1. The Kier molecular flexibility index (Phi) is 7.07. The average Bonchev–Trinajstić information content (AvgIpc) is 2.78. The molecule has 1 saturated heterocycles. The molecule has 1 aliphatic heterocycles. The number of piperazine rings is 1. The number of nitrogens with zero attached hydrogens (tertiary/aromatic N) is 2. The van der Waals surface area contributed by atoms with E-state index >= 15 is 0 Å². The van der Waals surface area contributed by atoms with Gasteiger partial charge in [-0.3, -0.25) is 9.59 Å². The summed E-state index contributed by atoms with van der Waals surface area (Å²) in [4.78, 5) is 39.5. The van der Waals surface area contributed by atoms with Crippen LogP contribution in [0.25, 0.3) is 0 Å². The summed E-state index contributed by atoms with van der Waals surface area (Å²) in [7, 11) is 0. The normalized spacial score (nSPS) is 14.2. The van der Waals surface area contributed by atoms with Gasteiger partial charge in [-0.25, -0.2) is 0 Å². The second-order valence-corrected chi connectivity index (χ2v) is 7.71.